The SMILES string of the molecule is CC1(C)OC(=O)c2cccc(Cl)c2C1n1cncc1CO. The zero-order valence-corrected chi connectivity index (χ0v) is 12.5. The number of esters is 1. The number of rotatable bonds is 2. The minimum absolute atomic E-state index is 0.152. The van der Waals surface area contributed by atoms with Crippen molar-refractivity contribution < 1.29 is 14.6 Å². The Labute approximate surface area is 127 Å². The molecule has 21 heavy (non-hydrogen) atoms. The normalized spacial score (nSPS) is 20.0. The van der Waals surface area contributed by atoms with Crippen LogP contribution >= 0.6 is 11.6 Å². The number of carbonyl (C=O) groups excluding carboxylic acids is 1. The first-order chi connectivity index (χ1) is 9.95. The van der Waals surface area contributed by atoms with Gasteiger partial charge in [-0.05, 0) is 26.0 Å². The first-order valence-corrected chi connectivity index (χ1v) is 6.97. The summed E-state index contributed by atoms with van der Waals surface area (Å²) in [4.78, 5) is 16.2. The van der Waals surface area contributed by atoms with Gasteiger partial charge in [0.05, 0.1) is 30.4 Å². The van der Waals surface area contributed by atoms with E-state index in [1.165, 1.54) is 0 Å². The summed E-state index contributed by atoms with van der Waals surface area (Å²) in [7, 11) is 0. The van der Waals surface area contributed by atoms with Crippen LogP contribution in [0, 0.1) is 0 Å². The molecule has 1 unspecified atom stereocenters. The van der Waals surface area contributed by atoms with Gasteiger partial charge in [-0.25, -0.2) is 9.78 Å². The summed E-state index contributed by atoms with van der Waals surface area (Å²) < 4.78 is 7.37. The van der Waals surface area contributed by atoms with Crippen LogP contribution in [0.15, 0.2) is 30.7 Å². The second-order valence-electron chi connectivity index (χ2n) is 5.55. The first kappa shape index (κ1) is 14.1. The lowest BCUT2D eigenvalue weighted by Crippen LogP contribution is -2.44. The maximum atomic E-state index is 12.2. The summed E-state index contributed by atoms with van der Waals surface area (Å²) in [5.41, 5.74) is 0.981. The van der Waals surface area contributed by atoms with Crippen molar-refractivity contribution in [2.75, 3.05) is 0 Å². The van der Waals surface area contributed by atoms with E-state index in [4.69, 9.17) is 16.3 Å². The highest BCUT2D eigenvalue weighted by Crippen LogP contribution is 2.43. The van der Waals surface area contributed by atoms with Gasteiger partial charge in [0.2, 0.25) is 0 Å². The van der Waals surface area contributed by atoms with E-state index in [1.807, 2.05) is 13.8 Å². The quantitative estimate of drug-likeness (QED) is 0.866. The van der Waals surface area contributed by atoms with Gasteiger partial charge in [0.15, 0.2) is 0 Å². The maximum Gasteiger partial charge on any atom is 0.339 e. The predicted octanol–water partition coefficient (Wildman–Crippen LogP) is 2.57. The van der Waals surface area contributed by atoms with Crippen molar-refractivity contribution in [2.24, 2.45) is 0 Å². The van der Waals surface area contributed by atoms with E-state index in [-0.39, 0.29) is 18.6 Å². The number of aliphatic hydroxyl groups excluding tert-OH is 1. The highest BCUT2D eigenvalue weighted by atomic mass is 35.5. The summed E-state index contributed by atoms with van der Waals surface area (Å²) in [5.74, 6) is -0.389. The van der Waals surface area contributed by atoms with Crippen LogP contribution < -0.4 is 0 Å². The Morgan fingerprint density at radius 3 is 2.95 bits per heavy atom. The Balaban J connectivity index is 2.28. The highest BCUT2D eigenvalue weighted by molar-refractivity contribution is 6.32. The second kappa shape index (κ2) is 4.86. The second-order valence-corrected chi connectivity index (χ2v) is 5.95. The van der Waals surface area contributed by atoms with Crippen LogP contribution in [0.3, 0.4) is 0 Å². The Morgan fingerprint density at radius 2 is 2.24 bits per heavy atom. The summed E-state index contributed by atoms with van der Waals surface area (Å²) in [6.45, 7) is 3.49. The van der Waals surface area contributed by atoms with Crippen molar-refractivity contribution in [1.82, 2.24) is 9.55 Å². The van der Waals surface area contributed by atoms with Gasteiger partial charge in [-0.15, -0.1) is 0 Å². The van der Waals surface area contributed by atoms with Crippen LogP contribution in [-0.2, 0) is 11.3 Å². The number of fused-ring (bicyclic) bond motifs is 1. The predicted molar refractivity (Wildman–Crippen MR) is 77.2 cm³/mol. The lowest BCUT2D eigenvalue weighted by atomic mass is 9.85. The van der Waals surface area contributed by atoms with Gasteiger partial charge in [-0.2, -0.15) is 0 Å². The molecule has 2 aromatic rings. The number of benzene rings is 1. The smallest absolute Gasteiger partial charge is 0.339 e. The number of hydrogen-bond donors (Lipinski definition) is 1. The molecule has 0 spiro atoms. The molecule has 0 bridgehead atoms. The fourth-order valence-electron chi connectivity index (χ4n) is 2.85. The van der Waals surface area contributed by atoms with Gasteiger partial charge in [0.1, 0.15) is 11.6 Å². The molecule has 1 aromatic heterocycles. The summed E-state index contributed by atoms with van der Waals surface area (Å²) >= 11 is 6.34. The van der Waals surface area contributed by atoms with E-state index in [9.17, 15) is 9.90 Å². The molecule has 2 heterocycles. The maximum absolute atomic E-state index is 12.2. The molecular formula is C15H15ClN2O3. The average molecular weight is 307 g/mol. The van der Waals surface area contributed by atoms with E-state index in [0.717, 1.165) is 0 Å². The van der Waals surface area contributed by atoms with Crippen molar-refractivity contribution in [3.63, 3.8) is 0 Å². The Bertz CT molecular complexity index is 709. The molecule has 0 fully saturated rings. The number of imidazole rings is 1. The van der Waals surface area contributed by atoms with Crippen molar-refractivity contribution in [3.05, 3.63) is 52.6 Å². The van der Waals surface area contributed by atoms with Gasteiger partial charge in [0.25, 0.3) is 0 Å². The number of halogens is 1. The number of ether oxygens (including phenoxy) is 1. The van der Waals surface area contributed by atoms with Crippen molar-refractivity contribution in [3.8, 4) is 0 Å². The molecule has 3 rings (SSSR count). The molecule has 6 heteroatoms. The van der Waals surface area contributed by atoms with Crippen LogP contribution in [0.25, 0.3) is 0 Å². The van der Waals surface area contributed by atoms with Crippen molar-refractivity contribution in [2.45, 2.75) is 32.1 Å². The van der Waals surface area contributed by atoms with Gasteiger partial charge < -0.3 is 14.4 Å². The molecule has 1 N–H and O–H groups in total. The Hall–Kier alpha value is -1.85. The highest BCUT2D eigenvalue weighted by Gasteiger charge is 2.44. The summed E-state index contributed by atoms with van der Waals surface area (Å²) in [5, 5.41) is 9.98. The van der Waals surface area contributed by atoms with E-state index in [0.29, 0.717) is 21.8 Å². The first-order valence-electron chi connectivity index (χ1n) is 6.59. The number of cyclic esters (lactones) is 1. The third kappa shape index (κ3) is 2.13. The molecule has 0 saturated heterocycles. The lowest BCUT2D eigenvalue weighted by Gasteiger charge is -2.40. The fraction of sp³-hybridized carbons (Fsp3) is 0.333. The monoisotopic (exact) mass is 306 g/mol. The standard InChI is InChI=1S/C15H15ClN2O3/c1-15(2)13(18-8-17-6-9(18)7-19)12-10(14(20)21-15)4-3-5-11(12)16/h3-6,8,13,19H,7H2,1-2H3. The number of aromatic nitrogens is 2. The zero-order valence-electron chi connectivity index (χ0n) is 11.7. The molecule has 0 aliphatic carbocycles. The van der Waals surface area contributed by atoms with Crippen molar-refractivity contribution in [1.29, 1.82) is 0 Å². The van der Waals surface area contributed by atoms with Gasteiger partial charge in [0, 0.05) is 10.6 Å². The van der Waals surface area contributed by atoms with Crippen LogP contribution in [-0.4, -0.2) is 26.2 Å². The largest absolute Gasteiger partial charge is 0.453 e. The molecule has 5 nitrogen and oxygen atoms in total. The van der Waals surface area contributed by atoms with E-state index < -0.39 is 5.60 Å². The van der Waals surface area contributed by atoms with Crippen LogP contribution in [0.5, 0.6) is 0 Å². The topological polar surface area (TPSA) is 64.4 Å². The average Bonchev–Trinajstić information content (AvgIpc) is 2.87. The van der Waals surface area contributed by atoms with Crippen LogP contribution in [0.4, 0.5) is 0 Å². The van der Waals surface area contributed by atoms with E-state index in [1.54, 1.807) is 35.3 Å². The lowest BCUT2D eigenvalue weighted by molar-refractivity contribution is -0.0269. The molecule has 0 radical (unpaired) electrons. The molecular weight excluding hydrogens is 292 g/mol. The third-order valence-corrected chi connectivity index (χ3v) is 4.08. The van der Waals surface area contributed by atoms with Gasteiger partial charge in [-0.3, -0.25) is 0 Å². The zero-order chi connectivity index (χ0) is 15.2. The minimum Gasteiger partial charge on any atom is -0.453 e. The summed E-state index contributed by atoms with van der Waals surface area (Å²) in [6, 6.07) is 4.82. The Kier molecular flexibility index (Phi) is 3.26. The third-order valence-electron chi connectivity index (χ3n) is 3.75. The van der Waals surface area contributed by atoms with Gasteiger partial charge >= 0.3 is 5.97 Å². The fourth-order valence-corrected chi connectivity index (χ4v) is 3.13. The molecule has 1 aromatic carbocycles. The molecule has 0 amide bonds. The molecule has 0 saturated carbocycles. The number of hydrogen-bond acceptors (Lipinski definition) is 4. The van der Waals surface area contributed by atoms with Crippen LogP contribution in [0.1, 0.15) is 41.5 Å². The summed E-state index contributed by atoms with van der Waals surface area (Å²) in [6.07, 6.45) is 3.20. The number of carbonyl (C=O) groups is 1. The molecule has 1 atom stereocenters. The van der Waals surface area contributed by atoms with Gasteiger partial charge in [-0.1, -0.05) is 17.7 Å². The molecule has 110 valence electrons. The number of nitrogens with zero attached hydrogens (tertiary/aromatic N) is 2. The molecule has 1 aliphatic heterocycles. The van der Waals surface area contributed by atoms with Crippen molar-refractivity contribution >= 4 is 17.6 Å². The minimum atomic E-state index is -0.806. The Morgan fingerprint density at radius 1 is 1.48 bits per heavy atom. The van der Waals surface area contributed by atoms with E-state index >= 15 is 0 Å². The number of aliphatic hydroxyl groups is 1. The van der Waals surface area contributed by atoms with Crippen LogP contribution in [0.2, 0.25) is 5.02 Å². The van der Waals surface area contributed by atoms with E-state index in [2.05, 4.69) is 4.98 Å². The molecule has 1 aliphatic rings.